The molecule has 0 radical (unpaired) electrons. The van der Waals surface area contributed by atoms with Gasteiger partial charge in [0.05, 0.1) is 12.7 Å². The highest BCUT2D eigenvalue weighted by molar-refractivity contribution is 5.91. The molecular weight excluding hydrogens is 274 g/mol. The summed E-state index contributed by atoms with van der Waals surface area (Å²) < 4.78 is 6.65. The summed E-state index contributed by atoms with van der Waals surface area (Å²) in [4.78, 5) is 12.2. The van der Waals surface area contributed by atoms with Crippen LogP contribution in [0.25, 0.3) is 0 Å². The number of benzene rings is 2. The van der Waals surface area contributed by atoms with Crippen molar-refractivity contribution in [3.63, 3.8) is 0 Å². The van der Waals surface area contributed by atoms with Crippen molar-refractivity contribution in [2.45, 2.75) is 0 Å². The van der Waals surface area contributed by atoms with Gasteiger partial charge in [-0.05, 0) is 36.4 Å². The lowest BCUT2D eigenvalue weighted by molar-refractivity contribution is -0.388. The summed E-state index contributed by atoms with van der Waals surface area (Å²) in [5.74, 6) is 0.692. The lowest BCUT2D eigenvalue weighted by atomic mass is 10.2. The largest absolute Gasteiger partial charge is 1.00 e. The predicted molar refractivity (Wildman–Crippen MR) is 75.1 cm³/mol. The Kier molecular flexibility index (Phi) is 5.94. The minimum Gasteiger partial charge on any atom is -1.00 e. The first-order valence-electron chi connectivity index (χ1n) is 6.02. The third kappa shape index (κ3) is 3.93. The molecule has 0 bridgehead atoms. The van der Waals surface area contributed by atoms with Gasteiger partial charge in [0, 0.05) is 5.56 Å². The van der Waals surface area contributed by atoms with E-state index in [2.05, 4.69) is 0 Å². The summed E-state index contributed by atoms with van der Waals surface area (Å²) in [6.07, 6.45) is 1.81. The monoisotopic (exact) mass is 289 g/mol. The number of ether oxygens (including phenoxy) is 1. The first-order valence-corrected chi connectivity index (χ1v) is 6.02. The maximum Gasteiger partial charge on any atom is 0.419 e. The van der Waals surface area contributed by atoms with Crippen molar-refractivity contribution in [3.05, 3.63) is 65.7 Å². The Morgan fingerprint density at radius 2 is 1.65 bits per heavy atom. The van der Waals surface area contributed by atoms with E-state index >= 15 is 0 Å². The van der Waals surface area contributed by atoms with E-state index in [0.717, 1.165) is 11.3 Å². The molecule has 0 unspecified atom stereocenters. The topological polar surface area (TPSA) is 29.3 Å². The second kappa shape index (κ2) is 7.46. The van der Waals surface area contributed by atoms with E-state index in [1.165, 1.54) is 0 Å². The van der Waals surface area contributed by atoms with E-state index in [0.29, 0.717) is 5.56 Å². The lowest BCUT2D eigenvalue weighted by Crippen LogP contribution is -3.00. The Morgan fingerprint density at radius 3 is 2.20 bits per heavy atom. The maximum absolute atomic E-state index is 12.2. The standard InChI is InChI=1S/C16H16NO2.ClH/c1-17(12-13-6-4-3-5-7-13)16(18)14-8-10-15(19-2)11-9-14;/h3-12H,1-2H3;1H/q+1;/p-1. The SMILES string of the molecule is COc1ccc(C(=O)[N+](C)=Cc2ccccc2)cc1.[Cl-]. The number of halogens is 1. The van der Waals surface area contributed by atoms with Gasteiger partial charge < -0.3 is 17.1 Å². The fourth-order valence-electron chi connectivity index (χ4n) is 1.76. The molecule has 0 aromatic heterocycles. The van der Waals surface area contributed by atoms with Crippen molar-refractivity contribution < 1.29 is 26.5 Å². The first kappa shape index (κ1) is 15.9. The molecule has 2 aromatic rings. The summed E-state index contributed by atoms with van der Waals surface area (Å²) >= 11 is 0. The molecule has 0 heterocycles. The van der Waals surface area contributed by atoms with Crippen LogP contribution in [0.1, 0.15) is 15.9 Å². The van der Waals surface area contributed by atoms with E-state index in [-0.39, 0.29) is 18.3 Å². The number of hydrogen-bond acceptors (Lipinski definition) is 2. The van der Waals surface area contributed by atoms with E-state index in [4.69, 9.17) is 4.74 Å². The molecule has 20 heavy (non-hydrogen) atoms. The molecule has 0 spiro atoms. The number of carbonyl (C=O) groups excluding carboxylic acids is 1. The summed E-state index contributed by atoms with van der Waals surface area (Å²) in [5, 5.41) is 0. The number of rotatable bonds is 3. The van der Waals surface area contributed by atoms with Gasteiger partial charge in [0.1, 0.15) is 12.8 Å². The van der Waals surface area contributed by atoms with E-state index < -0.39 is 0 Å². The third-order valence-corrected chi connectivity index (χ3v) is 2.80. The maximum atomic E-state index is 12.2. The van der Waals surface area contributed by atoms with Crippen molar-refractivity contribution in [1.29, 1.82) is 0 Å². The molecule has 1 amide bonds. The van der Waals surface area contributed by atoms with Crippen LogP contribution in [-0.2, 0) is 0 Å². The third-order valence-electron chi connectivity index (χ3n) is 2.80. The zero-order valence-electron chi connectivity index (χ0n) is 11.4. The van der Waals surface area contributed by atoms with Crippen molar-refractivity contribution >= 4 is 12.1 Å². The minimum atomic E-state index is -0.0495. The molecule has 4 heteroatoms. The van der Waals surface area contributed by atoms with Gasteiger partial charge in [-0.3, -0.25) is 0 Å². The van der Waals surface area contributed by atoms with Gasteiger partial charge in [-0.15, -0.1) is 0 Å². The Balaban J connectivity index is 0.00000200. The quantitative estimate of drug-likeness (QED) is 0.568. The van der Waals surface area contributed by atoms with Crippen LogP contribution in [0.3, 0.4) is 0 Å². The average Bonchev–Trinajstić information content (AvgIpc) is 2.47. The van der Waals surface area contributed by atoms with Crippen LogP contribution in [0, 0.1) is 0 Å². The molecule has 104 valence electrons. The fraction of sp³-hybridized carbons (Fsp3) is 0.125. The van der Waals surface area contributed by atoms with Gasteiger partial charge in [0.2, 0.25) is 0 Å². The molecule has 3 nitrogen and oxygen atoms in total. The number of methoxy groups -OCH3 is 1. The highest BCUT2D eigenvalue weighted by Gasteiger charge is 2.15. The lowest BCUT2D eigenvalue weighted by Gasteiger charge is -2.00. The normalized spacial score (nSPS) is 10.6. The van der Waals surface area contributed by atoms with Crippen molar-refractivity contribution in [3.8, 4) is 5.75 Å². The number of nitrogens with zero attached hydrogens (tertiary/aromatic N) is 1. The van der Waals surface area contributed by atoms with Crippen LogP contribution in [0.15, 0.2) is 54.6 Å². The second-order valence-electron chi connectivity index (χ2n) is 4.18. The van der Waals surface area contributed by atoms with Crippen LogP contribution in [0.5, 0.6) is 5.75 Å². The zero-order valence-corrected chi connectivity index (χ0v) is 12.2. The Bertz CT molecular complexity index is 592. The molecule has 0 saturated heterocycles. The molecule has 2 aromatic carbocycles. The van der Waals surface area contributed by atoms with Crippen molar-refractivity contribution in [2.24, 2.45) is 0 Å². The molecule has 2 rings (SSSR count). The number of amides is 1. The van der Waals surface area contributed by atoms with Crippen LogP contribution in [0.2, 0.25) is 0 Å². The smallest absolute Gasteiger partial charge is 0.419 e. The molecule has 0 aliphatic heterocycles. The van der Waals surface area contributed by atoms with Crippen LogP contribution < -0.4 is 17.1 Å². The van der Waals surface area contributed by atoms with Crippen LogP contribution in [-0.4, -0.2) is 30.9 Å². The first-order chi connectivity index (χ1) is 9.20. The molecule has 0 saturated carbocycles. The molecule has 0 aliphatic carbocycles. The summed E-state index contributed by atoms with van der Waals surface area (Å²) in [7, 11) is 3.35. The Labute approximate surface area is 124 Å². The Morgan fingerprint density at radius 1 is 1.05 bits per heavy atom. The van der Waals surface area contributed by atoms with Gasteiger partial charge in [-0.2, -0.15) is 4.58 Å². The minimum absolute atomic E-state index is 0. The molecule has 0 aliphatic rings. The van der Waals surface area contributed by atoms with Gasteiger partial charge in [0.15, 0.2) is 6.21 Å². The van der Waals surface area contributed by atoms with Gasteiger partial charge in [0.25, 0.3) is 0 Å². The zero-order chi connectivity index (χ0) is 13.7. The molecule has 0 atom stereocenters. The molecular formula is C16H16ClNO2. The van der Waals surface area contributed by atoms with Gasteiger partial charge in [-0.1, -0.05) is 18.2 Å². The number of carbonyl (C=O) groups is 1. The predicted octanol–water partition coefficient (Wildman–Crippen LogP) is -0.399. The summed E-state index contributed by atoms with van der Waals surface area (Å²) in [6.45, 7) is 0. The van der Waals surface area contributed by atoms with E-state index in [1.54, 1.807) is 43.0 Å². The molecule has 0 N–H and O–H groups in total. The molecule has 0 fully saturated rings. The van der Waals surface area contributed by atoms with Gasteiger partial charge in [-0.25, -0.2) is 4.79 Å². The highest BCUT2D eigenvalue weighted by atomic mass is 35.5. The van der Waals surface area contributed by atoms with Crippen molar-refractivity contribution in [2.75, 3.05) is 14.2 Å². The van der Waals surface area contributed by atoms with Crippen molar-refractivity contribution in [1.82, 2.24) is 0 Å². The fourth-order valence-corrected chi connectivity index (χ4v) is 1.76. The highest BCUT2D eigenvalue weighted by Crippen LogP contribution is 2.11. The van der Waals surface area contributed by atoms with E-state index in [9.17, 15) is 4.79 Å². The summed E-state index contributed by atoms with van der Waals surface area (Å²) in [5.41, 5.74) is 1.63. The van der Waals surface area contributed by atoms with Crippen LogP contribution >= 0.6 is 0 Å². The van der Waals surface area contributed by atoms with Gasteiger partial charge >= 0.3 is 5.91 Å². The average molecular weight is 290 g/mol. The summed E-state index contributed by atoms with van der Waals surface area (Å²) in [6, 6.07) is 16.8. The van der Waals surface area contributed by atoms with Crippen LogP contribution in [0.4, 0.5) is 0 Å². The Hall–Kier alpha value is -2.13. The van der Waals surface area contributed by atoms with E-state index in [1.807, 2.05) is 36.5 Å². The second-order valence-corrected chi connectivity index (χ2v) is 4.18. The number of hydrogen-bond donors (Lipinski definition) is 0.